The molecule has 4 fully saturated rings. The largest absolute Gasteiger partial charge is 0.467 e. The third-order valence-electron chi connectivity index (χ3n) is 10.4. The minimum atomic E-state index is -1.12. The molecule has 0 radical (unpaired) electrons. The number of para-hydroxylation sites is 1. The van der Waals surface area contributed by atoms with Gasteiger partial charge in [-0.2, -0.15) is 5.10 Å². The van der Waals surface area contributed by atoms with E-state index < -0.39 is 36.0 Å². The summed E-state index contributed by atoms with van der Waals surface area (Å²) < 4.78 is 23.4. The van der Waals surface area contributed by atoms with Crippen LogP contribution in [0.3, 0.4) is 0 Å². The van der Waals surface area contributed by atoms with Gasteiger partial charge < -0.3 is 44.3 Å². The Morgan fingerprint density at radius 1 is 0.909 bits per heavy atom. The van der Waals surface area contributed by atoms with Crippen molar-refractivity contribution in [1.82, 2.24) is 35.1 Å². The SMILES string of the molecule is CCOC(=O)N1CCN(C(=O)[C@H](CCC(=O)OCC2CCCO2)NC(=O)c2cc(OCC(=O)N3CCC[C@H]3C(=O)NC3CCC3)n(-c3ccccc3)n2)CC1. The number of esters is 1. The quantitative estimate of drug-likeness (QED) is 0.252. The van der Waals surface area contributed by atoms with Gasteiger partial charge in [0, 0.05) is 57.9 Å². The van der Waals surface area contributed by atoms with Crippen LogP contribution in [0.2, 0.25) is 0 Å². The zero-order valence-electron chi connectivity index (χ0n) is 31.3. The van der Waals surface area contributed by atoms with Crippen LogP contribution < -0.4 is 15.4 Å². The number of carbonyl (C=O) groups excluding carboxylic acids is 6. The predicted molar refractivity (Wildman–Crippen MR) is 195 cm³/mol. The Kier molecular flexibility index (Phi) is 13.6. The maximum absolute atomic E-state index is 13.9. The normalized spacial score (nSPS) is 20.3. The number of nitrogens with zero attached hydrogens (tertiary/aromatic N) is 5. The second-order valence-electron chi connectivity index (χ2n) is 14.2. The predicted octanol–water partition coefficient (Wildman–Crippen LogP) is 1.81. The number of hydrogen-bond acceptors (Lipinski definition) is 11. The number of benzene rings is 1. The monoisotopic (exact) mass is 765 g/mol. The highest BCUT2D eigenvalue weighted by atomic mass is 16.6. The van der Waals surface area contributed by atoms with E-state index in [1.54, 1.807) is 41.0 Å². The van der Waals surface area contributed by atoms with Gasteiger partial charge in [0.25, 0.3) is 11.8 Å². The number of ether oxygens (including phenoxy) is 4. The van der Waals surface area contributed by atoms with Gasteiger partial charge in [-0.3, -0.25) is 24.0 Å². The highest BCUT2D eigenvalue weighted by Crippen LogP contribution is 2.24. The molecule has 3 saturated heterocycles. The number of rotatable bonds is 15. The number of amides is 5. The van der Waals surface area contributed by atoms with Crippen molar-refractivity contribution in [2.75, 3.05) is 59.2 Å². The second-order valence-corrected chi connectivity index (χ2v) is 14.2. The van der Waals surface area contributed by atoms with Crippen molar-refractivity contribution >= 4 is 35.7 Å². The van der Waals surface area contributed by atoms with E-state index in [4.69, 9.17) is 18.9 Å². The van der Waals surface area contributed by atoms with Crippen molar-refractivity contribution in [2.45, 2.75) is 88.9 Å². The van der Waals surface area contributed by atoms with Crippen molar-refractivity contribution in [3.63, 3.8) is 0 Å². The first kappa shape index (κ1) is 39.5. The molecule has 1 aromatic heterocycles. The summed E-state index contributed by atoms with van der Waals surface area (Å²) in [5.74, 6) is -2.05. The van der Waals surface area contributed by atoms with Crippen molar-refractivity contribution in [3.8, 4) is 11.6 Å². The lowest BCUT2D eigenvalue weighted by molar-refractivity contribution is -0.147. The number of carbonyl (C=O) groups is 6. The Morgan fingerprint density at radius 2 is 1.67 bits per heavy atom. The first-order valence-electron chi connectivity index (χ1n) is 19.4. The molecule has 0 spiro atoms. The average molecular weight is 766 g/mol. The molecular weight excluding hydrogens is 714 g/mol. The fourth-order valence-corrected chi connectivity index (χ4v) is 7.07. The topological polar surface area (TPSA) is 191 Å². The van der Waals surface area contributed by atoms with E-state index in [9.17, 15) is 28.8 Å². The van der Waals surface area contributed by atoms with Crippen LogP contribution >= 0.6 is 0 Å². The highest BCUT2D eigenvalue weighted by Gasteiger charge is 2.36. The van der Waals surface area contributed by atoms with Crippen LogP contribution in [-0.4, -0.2) is 144 Å². The number of aromatic nitrogens is 2. The van der Waals surface area contributed by atoms with Gasteiger partial charge in [-0.1, -0.05) is 18.2 Å². The van der Waals surface area contributed by atoms with E-state index in [0.717, 1.165) is 32.1 Å². The molecule has 5 amide bonds. The van der Waals surface area contributed by atoms with Gasteiger partial charge in [-0.25, -0.2) is 9.48 Å². The number of likely N-dealkylation sites (tertiary alicyclic amines) is 1. The molecule has 6 rings (SSSR count). The van der Waals surface area contributed by atoms with Crippen LogP contribution in [-0.2, 0) is 33.4 Å². The van der Waals surface area contributed by atoms with Gasteiger partial charge in [0.1, 0.15) is 18.7 Å². The third-order valence-corrected chi connectivity index (χ3v) is 10.4. The fraction of sp³-hybridized carbons (Fsp3) is 0.605. The summed E-state index contributed by atoms with van der Waals surface area (Å²) in [5, 5.41) is 10.3. The maximum Gasteiger partial charge on any atom is 0.409 e. The molecule has 2 aromatic rings. The van der Waals surface area contributed by atoms with E-state index in [1.807, 2.05) is 6.07 Å². The third kappa shape index (κ3) is 10.3. The first-order chi connectivity index (χ1) is 26.7. The Labute approximate surface area is 319 Å². The summed E-state index contributed by atoms with van der Waals surface area (Å²) in [6.45, 7) is 3.66. The van der Waals surface area contributed by atoms with Crippen molar-refractivity contribution < 1.29 is 47.7 Å². The first-order valence-corrected chi connectivity index (χ1v) is 19.4. The summed E-state index contributed by atoms with van der Waals surface area (Å²) in [5.41, 5.74) is 0.472. The maximum atomic E-state index is 13.9. The fourth-order valence-electron chi connectivity index (χ4n) is 7.07. The molecule has 2 N–H and O–H groups in total. The Balaban J connectivity index is 1.14. The zero-order valence-corrected chi connectivity index (χ0v) is 31.3. The van der Waals surface area contributed by atoms with E-state index in [2.05, 4.69) is 15.7 Å². The number of hydrogen-bond donors (Lipinski definition) is 2. The van der Waals surface area contributed by atoms with Crippen molar-refractivity contribution in [1.29, 1.82) is 0 Å². The lowest BCUT2D eigenvalue weighted by Gasteiger charge is -2.35. The smallest absolute Gasteiger partial charge is 0.409 e. The summed E-state index contributed by atoms with van der Waals surface area (Å²) >= 11 is 0. The van der Waals surface area contributed by atoms with Gasteiger partial charge in [-0.15, -0.1) is 0 Å². The molecule has 1 aliphatic carbocycles. The molecule has 55 heavy (non-hydrogen) atoms. The van der Waals surface area contributed by atoms with E-state index >= 15 is 0 Å². The van der Waals surface area contributed by atoms with Crippen molar-refractivity contribution in [2.24, 2.45) is 0 Å². The molecule has 298 valence electrons. The van der Waals surface area contributed by atoms with E-state index in [1.165, 1.54) is 15.6 Å². The molecule has 1 unspecified atom stereocenters. The molecule has 4 aliphatic rings. The lowest BCUT2D eigenvalue weighted by Crippen LogP contribution is -2.56. The van der Waals surface area contributed by atoms with Crippen molar-refractivity contribution in [3.05, 3.63) is 42.1 Å². The highest BCUT2D eigenvalue weighted by molar-refractivity contribution is 5.96. The Hall–Kier alpha value is -5.19. The molecule has 3 atom stereocenters. The molecule has 3 aliphatic heterocycles. The second kappa shape index (κ2) is 18.9. The van der Waals surface area contributed by atoms with E-state index in [0.29, 0.717) is 31.7 Å². The van der Waals surface area contributed by atoms with Crippen LogP contribution in [0.5, 0.6) is 5.88 Å². The van der Waals surface area contributed by atoms with Gasteiger partial charge in [0.15, 0.2) is 12.3 Å². The van der Waals surface area contributed by atoms with Gasteiger partial charge in [0.2, 0.25) is 17.7 Å². The standard InChI is InChI=1S/C38H51N7O10/c1-2-52-38(51)43-20-18-42(19-21-43)37(50)29(15-16-34(47)55-24-28-13-8-22-53-28)40-35(48)30-23-33(45(41-30)27-11-4-3-5-12-27)54-25-32(46)44-17-7-14-31(44)36(49)39-26-9-6-10-26/h3-5,11-12,23,26,28-29,31H,2,6-10,13-22,24-25H2,1H3,(H,39,49)(H,40,48)/t28?,29-,31-/m0/s1. The summed E-state index contributed by atoms with van der Waals surface area (Å²) in [6.07, 6.45) is 5.14. The Bertz CT molecular complexity index is 1670. The summed E-state index contributed by atoms with van der Waals surface area (Å²) in [7, 11) is 0. The molecule has 17 nitrogen and oxygen atoms in total. The van der Waals surface area contributed by atoms with Gasteiger partial charge >= 0.3 is 12.1 Å². The lowest BCUT2D eigenvalue weighted by atomic mass is 9.93. The number of piperazine rings is 1. The molecule has 1 aromatic carbocycles. The summed E-state index contributed by atoms with van der Waals surface area (Å²) in [4.78, 5) is 83.6. The van der Waals surface area contributed by atoms with Crippen LogP contribution in [0.4, 0.5) is 4.79 Å². The van der Waals surface area contributed by atoms with Gasteiger partial charge in [-0.05, 0) is 70.4 Å². The minimum absolute atomic E-state index is 0.0460. The molecule has 17 heteroatoms. The average Bonchev–Trinajstić information content (AvgIpc) is 3.98. The molecular formula is C38H51N7O10. The molecule has 1 saturated carbocycles. The molecule has 0 bridgehead atoms. The van der Waals surface area contributed by atoms with Crippen LogP contribution in [0.25, 0.3) is 5.69 Å². The van der Waals surface area contributed by atoms with Gasteiger partial charge in [0.05, 0.1) is 18.4 Å². The number of nitrogens with one attached hydrogen (secondary N) is 2. The van der Waals surface area contributed by atoms with Crippen LogP contribution in [0, 0.1) is 0 Å². The minimum Gasteiger partial charge on any atom is -0.467 e. The van der Waals surface area contributed by atoms with Crippen LogP contribution in [0.1, 0.15) is 75.2 Å². The summed E-state index contributed by atoms with van der Waals surface area (Å²) in [6, 6.07) is 8.77. The Morgan fingerprint density at radius 3 is 2.36 bits per heavy atom. The zero-order chi connectivity index (χ0) is 38.7. The molecule has 4 heterocycles. The van der Waals surface area contributed by atoms with E-state index in [-0.39, 0.29) is 94.4 Å². The van der Waals surface area contributed by atoms with Crippen LogP contribution in [0.15, 0.2) is 36.4 Å².